The van der Waals surface area contributed by atoms with E-state index < -0.39 is 0 Å². The molecule has 0 aliphatic carbocycles. The first kappa shape index (κ1) is 13.2. The maximum atomic E-state index is 6.12. The molecule has 94 valence electrons. The number of anilines is 2. The number of aryl methyl sites for hydroxylation is 1. The summed E-state index contributed by atoms with van der Waals surface area (Å²) in [5.41, 5.74) is 1.97. The average molecular weight is 328 g/mol. The third kappa shape index (κ3) is 2.94. The maximum Gasteiger partial charge on any atom is 0.149 e. The Morgan fingerprint density at radius 2 is 2.11 bits per heavy atom. The van der Waals surface area contributed by atoms with Crippen LogP contribution in [0.3, 0.4) is 0 Å². The smallest absolute Gasteiger partial charge is 0.149 e. The van der Waals surface area contributed by atoms with E-state index in [0.717, 1.165) is 21.5 Å². The van der Waals surface area contributed by atoms with Crippen LogP contribution in [0.1, 0.15) is 5.56 Å². The van der Waals surface area contributed by atoms with Crippen LogP contribution in [0.25, 0.3) is 0 Å². The molecule has 5 heteroatoms. The number of nitrogens with one attached hydrogen (secondary N) is 1. The fourth-order valence-corrected chi connectivity index (χ4v) is 2.23. The highest BCUT2D eigenvalue weighted by atomic mass is 79.9. The van der Waals surface area contributed by atoms with Gasteiger partial charge in [0.2, 0.25) is 0 Å². The van der Waals surface area contributed by atoms with Gasteiger partial charge in [-0.2, -0.15) is 0 Å². The number of pyridine rings is 1. The number of hydrogen-bond acceptors (Lipinski definition) is 3. The van der Waals surface area contributed by atoms with Crippen molar-refractivity contribution in [2.45, 2.75) is 6.92 Å². The zero-order chi connectivity index (χ0) is 13.1. The maximum absolute atomic E-state index is 6.12. The number of hydrogen-bond donors (Lipinski definition) is 1. The van der Waals surface area contributed by atoms with Gasteiger partial charge in [-0.15, -0.1) is 0 Å². The van der Waals surface area contributed by atoms with Gasteiger partial charge in [0.1, 0.15) is 11.6 Å². The molecule has 0 aliphatic rings. The van der Waals surface area contributed by atoms with E-state index >= 15 is 0 Å². The molecule has 0 saturated heterocycles. The van der Waals surface area contributed by atoms with Gasteiger partial charge in [0.25, 0.3) is 0 Å². The normalized spacial score (nSPS) is 10.2. The number of nitrogens with zero attached hydrogens (tertiary/aromatic N) is 1. The van der Waals surface area contributed by atoms with Crippen LogP contribution in [0.15, 0.2) is 34.9 Å². The Hall–Kier alpha value is -1.26. The molecule has 0 bridgehead atoms. The van der Waals surface area contributed by atoms with Gasteiger partial charge in [0.05, 0.1) is 17.8 Å². The molecule has 0 unspecified atom stereocenters. The summed E-state index contributed by atoms with van der Waals surface area (Å²) in [5.74, 6) is 1.35. The van der Waals surface area contributed by atoms with Gasteiger partial charge in [-0.05, 0) is 46.6 Å². The van der Waals surface area contributed by atoms with Crippen molar-refractivity contribution in [3.05, 3.63) is 45.5 Å². The molecule has 0 radical (unpaired) electrons. The second-order valence-electron chi connectivity index (χ2n) is 3.81. The van der Waals surface area contributed by atoms with E-state index in [2.05, 4.69) is 26.2 Å². The molecule has 1 N–H and O–H groups in total. The summed E-state index contributed by atoms with van der Waals surface area (Å²) in [6.45, 7) is 2.02. The highest BCUT2D eigenvalue weighted by Gasteiger charge is 2.07. The summed E-state index contributed by atoms with van der Waals surface area (Å²) in [6, 6.07) is 7.67. The van der Waals surface area contributed by atoms with Crippen molar-refractivity contribution in [1.82, 2.24) is 4.98 Å². The molecule has 2 aromatic rings. The highest BCUT2D eigenvalue weighted by molar-refractivity contribution is 9.10. The summed E-state index contributed by atoms with van der Waals surface area (Å²) in [4.78, 5) is 4.23. The van der Waals surface area contributed by atoms with Gasteiger partial charge < -0.3 is 10.1 Å². The average Bonchev–Trinajstić information content (AvgIpc) is 2.33. The molecule has 0 spiro atoms. The van der Waals surface area contributed by atoms with Gasteiger partial charge >= 0.3 is 0 Å². The van der Waals surface area contributed by atoms with Crippen molar-refractivity contribution < 1.29 is 4.74 Å². The van der Waals surface area contributed by atoms with Crippen LogP contribution in [-0.2, 0) is 0 Å². The van der Waals surface area contributed by atoms with Crippen LogP contribution in [0.4, 0.5) is 11.5 Å². The quantitative estimate of drug-likeness (QED) is 0.897. The van der Waals surface area contributed by atoms with Crippen LogP contribution < -0.4 is 10.1 Å². The van der Waals surface area contributed by atoms with Crippen molar-refractivity contribution in [3.8, 4) is 5.75 Å². The molecular formula is C13H12BrClN2O. The SMILES string of the molecule is COc1ccc(C)cc1Nc1ncc(Br)cc1Cl. The standard InChI is InChI=1S/C13H12BrClN2O/c1-8-3-4-12(18-2)11(5-8)17-13-10(15)6-9(14)7-16-13/h3-7H,1-2H3,(H,16,17). The van der Waals surface area contributed by atoms with Crippen molar-refractivity contribution in [2.24, 2.45) is 0 Å². The fourth-order valence-electron chi connectivity index (χ4n) is 1.55. The number of rotatable bonds is 3. The van der Waals surface area contributed by atoms with Crippen LogP contribution in [0.5, 0.6) is 5.75 Å². The minimum absolute atomic E-state index is 0.549. The third-order valence-electron chi connectivity index (χ3n) is 2.42. The summed E-state index contributed by atoms with van der Waals surface area (Å²) in [5, 5.41) is 3.72. The van der Waals surface area contributed by atoms with Crippen LogP contribution >= 0.6 is 27.5 Å². The predicted octanol–water partition coefficient (Wildman–Crippen LogP) is 4.56. The Labute approximate surface area is 119 Å². The summed E-state index contributed by atoms with van der Waals surface area (Å²) < 4.78 is 6.14. The van der Waals surface area contributed by atoms with Crippen molar-refractivity contribution in [1.29, 1.82) is 0 Å². The molecule has 0 saturated carbocycles. The topological polar surface area (TPSA) is 34.1 Å². The van der Waals surface area contributed by atoms with E-state index in [1.54, 1.807) is 19.4 Å². The molecule has 1 heterocycles. The Morgan fingerprint density at radius 3 is 2.78 bits per heavy atom. The Kier molecular flexibility index (Phi) is 4.09. The second kappa shape index (κ2) is 5.59. The molecule has 1 aromatic heterocycles. The second-order valence-corrected chi connectivity index (χ2v) is 5.14. The third-order valence-corrected chi connectivity index (χ3v) is 3.14. The van der Waals surface area contributed by atoms with Crippen molar-refractivity contribution >= 4 is 39.0 Å². The molecule has 2 rings (SSSR count). The molecule has 0 aliphatic heterocycles. The summed E-state index contributed by atoms with van der Waals surface area (Å²) in [6.07, 6.45) is 1.69. The van der Waals surface area contributed by atoms with Crippen molar-refractivity contribution in [3.63, 3.8) is 0 Å². The van der Waals surface area contributed by atoms with E-state index in [0.29, 0.717) is 10.8 Å². The van der Waals surface area contributed by atoms with Crippen molar-refractivity contribution in [2.75, 3.05) is 12.4 Å². The lowest BCUT2D eigenvalue weighted by molar-refractivity contribution is 0.416. The largest absolute Gasteiger partial charge is 0.495 e. The highest BCUT2D eigenvalue weighted by Crippen LogP contribution is 2.31. The lowest BCUT2D eigenvalue weighted by atomic mass is 10.2. The first-order valence-electron chi connectivity index (χ1n) is 5.33. The van der Waals surface area contributed by atoms with Gasteiger partial charge in [0, 0.05) is 10.7 Å². The fraction of sp³-hybridized carbons (Fsp3) is 0.154. The van der Waals surface area contributed by atoms with Gasteiger partial charge in [-0.25, -0.2) is 4.98 Å². The Bertz CT molecular complexity index is 575. The molecule has 0 amide bonds. The molecule has 1 aromatic carbocycles. The van der Waals surface area contributed by atoms with Crippen LogP contribution in [-0.4, -0.2) is 12.1 Å². The number of ether oxygens (including phenoxy) is 1. The molecule has 3 nitrogen and oxygen atoms in total. The monoisotopic (exact) mass is 326 g/mol. The van der Waals surface area contributed by atoms with Crippen LogP contribution in [0.2, 0.25) is 5.02 Å². The lowest BCUT2D eigenvalue weighted by Crippen LogP contribution is -1.97. The van der Waals surface area contributed by atoms with E-state index in [1.807, 2.05) is 25.1 Å². The zero-order valence-corrected chi connectivity index (χ0v) is 12.3. The minimum Gasteiger partial charge on any atom is -0.495 e. The summed E-state index contributed by atoms with van der Waals surface area (Å²) in [7, 11) is 1.63. The van der Waals surface area contributed by atoms with Crippen LogP contribution in [0, 0.1) is 6.92 Å². The lowest BCUT2D eigenvalue weighted by Gasteiger charge is -2.12. The number of benzene rings is 1. The first-order valence-corrected chi connectivity index (χ1v) is 6.50. The predicted molar refractivity (Wildman–Crippen MR) is 78.0 cm³/mol. The Balaban J connectivity index is 2.36. The molecule has 0 fully saturated rings. The number of halogens is 2. The van der Waals surface area contributed by atoms with Gasteiger partial charge in [-0.1, -0.05) is 17.7 Å². The first-order chi connectivity index (χ1) is 8.60. The zero-order valence-electron chi connectivity index (χ0n) is 10.00. The van der Waals surface area contributed by atoms with E-state index in [4.69, 9.17) is 16.3 Å². The molecule has 0 atom stereocenters. The van der Waals surface area contributed by atoms with E-state index in [-0.39, 0.29) is 0 Å². The minimum atomic E-state index is 0.549. The van der Waals surface area contributed by atoms with Gasteiger partial charge in [0.15, 0.2) is 0 Å². The number of methoxy groups -OCH3 is 1. The summed E-state index contributed by atoms with van der Waals surface area (Å²) >= 11 is 9.44. The van der Waals surface area contributed by atoms with E-state index in [1.165, 1.54) is 0 Å². The molecular weight excluding hydrogens is 316 g/mol. The van der Waals surface area contributed by atoms with Gasteiger partial charge in [-0.3, -0.25) is 0 Å². The number of aromatic nitrogens is 1. The Morgan fingerprint density at radius 1 is 1.33 bits per heavy atom. The molecule has 18 heavy (non-hydrogen) atoms. The van der Waals surface area contributed by atoms with E-state index in [9.17, 15) is 0 Å².